The Morgan fingerprint density at radius 2 is 1.56 bits per heavy atom. The minimum absolute atomic E-state index is 0.0853. The van der Waals surface area contributed by atoms with Gasteiger partial charge in [0.05, 0.1) is 38.2 Å². The molecule has 1 aliphatic rings. The first-order valence-electron chi connectivity index (χ1n) is 9.98. The highest BCUT2D eigenvalue weighted by molar-refractivity contribution is 7.22. The standard InChI is InChI=1S/C22H24ClN3O5S/c1-28-15-6-5-14(23)20-18(15)24-22(32-20)26-9-7-25(8-10-26)21(27)13-11-16(29-2)19(31-4)17(12-13)30-3/h5-6,11-12H,7-10H2,1-4H3. The number of carbonyl (C=O) groups is 1. The predicted molar refractivity (Wildman–Crippen MR) is 125 cm³/mol. The molecule has 170 valence electrons. The van der Waals surface area contributed by atoms with E-state index in [9.17, 15) is 4.79 Å². The predicted octanol–water partition coefficient (Wildman–Crippen LogP) is 3.95. The van der Waals surface area contributed by atoms with E-state index in [2.05, 4.69) is 4.90 Å². The number of carbonyl (C=O) groups excluding carboxylic acids is 1. The van der Waals surface area contributed by atoms with Crippen molar-refractivity contribution in [1.29, 1.82) is 0 Å². The molecule has 0 spiro atoms. The lowest BCUT2D eigenvalue weighted by molar-refractivity contribution is 0.0746. The smallest absolute Gasteiger partial charge is 0.254 e. The van der Waals surface area contributed by atoms with Crippen LogP contribution in [0.2, 0.25) is 5.02 Å². The van der Waals surface area contributed by atoms with Gasteiger partial charge in [-0.2, -0.15) is 0 Å². The van der Waals surface area contributed by atoms with Gasteiger partial charge in [-0.05, 0) is 24.3 Å². The van der Waals surface area contributed by atoms with Gasteiger partial charge in [-0.25, -0.2) is 4.98 Å². The zero-order valence-corrected chi connectivity index (χ0v) is 19.9. The molecule has 1 fully saturated rings. The minimum atomic E-state index is -0.0853. The number of thiazole rings is 1. The van der Waals surface area contributed by atoms with Gasteiger partial charge in [0.1, 0.15) is 11.3 Å². The SMILES string of the molecule is COc1cc(C(=O)N2CCN(c3nc4c(OC)ccc(Cl)c4s3)CC2)cc(OC)c1OC. The van der Waals surface area contributed by atoms with Crippen molar-refractivity contribution < 1.29 is 23.7 Å². The Kier molecular flexibility index (Phi) is 6.48. The normalized spacial score (nSPS) is 13.9. The first-order valence-corrected chi connectivity index (χ1v) is 11.2. The lowest BCUT2D eigenvalue weighted by Gasteiger charge is -2.34. The number of halogens is 1. The molecule has 1 aliphatic heterocycles. The molecule has 8 nitrogen and oxygen atoms in total. The topological polar surface area (TPSA) is 73.4 Å². The number of fused-ring (bicyclic) bond motifs is 1. The summed E-state index contributed by atoms with van der Waals surface area (Å²) in [6.45, 7) is 2.46. The summed E-state index contributed by atoms with van der Waals surface area (Å²) in [7, 11) is 6.22. The highest BCUT2D eigenvalue weighted by Crippen LogP contribution is 2.40. The Bertz CT molecular complexity index is 1120. The van der Waals surface area contributed by atoms with Crippen LogP contribution in [0.25, 0.3) is 10.2 Å². The largest absolute Gasteiger partial charge is 0.494 e. The lowest BCUT2D eigenvalue weighted by atomic mass is 10.1. The Morgan fingerprint density at radius 3 is 2.12 bits per heavy atom. The first-order chi connectivity index (χ1) is 15.5. The van der Waals surface area contributed by atoms with E-state index in [1.807, 2.05) is 17.0 Å². The Balaban J connectivity index is 1.51. The number of benzene rings is 2. The van der Waals surface area contributed by atoms with Crippen LogP contribution in [0.15, 0.2) is 24.3 Å². The minimum Gasteiger partial charge on any atom is -0.494 e. The van der Waals surface area contributed by atoms with Gasteiger partial charge >= 0.3 is 0 Å². The van der Waals surface area contributed by atoms with Crippen LogP contribution in [0.4, 0.5) is 5.13 Å². The molecule has 0 saturated carbocycles. The van der Waals surface area contributed by atoms with E-state index in [4.69, 9.17) is 35.5 Å². The van der Waals surface area contributed by atoms with Gasteiger partial charge in [0.25, 0.3) is 5.91 Å². The molecule has 1 saturated heterocycles. The average Bonchev–Trinajstić information content (AvgIpc) is 3.29. The molecule has 0 aliphatic carbocycles. The summed E-state index contributed by atoms with van der Waals surface area (Å²) in [5.41, 5.74) is 1.25. The summed E-state index contributed by atoms with van der Waals surface area (Å²) in [6, 6.07) is 7.00. The summed E-state index contributed by atoms with van der Waals surface area (Å²) in [6.07, 6.45) is 0. The van der Waals surface area contributed by atoms with E-state index in [0.717, 1.165) is 15.3 Å². The molecular weight excluding hydrogens is 454 g/mol. The highest BCUT2D eigenvalue weighted by Gasteiger charge is 2.26. The van der Waals surface area contributed by atoms with E-state index in [0.29, 0.717) is 59.8 Å². The summed E-state index contributed by atoms with van der Waals surface area (Å²) >= 11 is 7.89. The molecule has 10 heteroatoms. The molecule has 3 aromatic rings. The van der Waals surface area contributed by atoms with Crippen LogP contribution in [0, 0.1) is 0 Å². The number of hydrogen-bond acceptors (Lipinski definition) is 8. The van der Waals surface area contributed by atoms with E-state index in [1.54, 1.807) is 19.2 Å². The van der Waals surface area contributed by atoms with Crippen molar-refractivity contribution >= 4 is 44.2 Å². The zero-order valence-electron chi connectivity index (χ0n) is 18.3. The second-order valence-corrected chi connectivity index (χ2v) is 8.50. The second kappa shape index (κ2) is 9.30. The number of nitrogens with zero attached hydrogens (tertiary/aromatic N) is 3. The number of methoxy groups -OCH3 is 4. The molecule has 2 heterocycles. The van der Waals surface area contributed by atoms with Crippen LogP contribution in [0.5, 0.6) is 23.0 Å². The van der Waals surface area contributed by atoms with Crippen LogP contribution in [-0.4, -0.2) is 70.4 Å². The van der Waals surface area contributed by atoms with Crippen molar-refractivity contribution in [3.05, 3.63) is 34.9 Å². The molecule has 4 rings (SSSR count). The third kappa shape index (κ3) is 3.98. The number of aromatic nitrogens is 1. The third-order valence-electron chi connectivity index (χ3n) is 5.42. The number of anilines is 1. The van der Waals surface area contributed by atoms with Gasteiger partial charge in [-0.15, -0.1) is 0 Å². The third-order valence-corrected chi connectivity index (χ3v) is 6.99. The van der Waals surface area contributed by atoms with Crippen LogP contribution < -0.4 is 23.8 Å². The van der Waals surface area contributed by atoms with E-state index >= 15 is 0 Å². The van der Waals surface area contributed by atoms with Gasteiger partial charge in [-0.1, -0.05) is 22.9 Å². The molecule has 1 aromatic heterocycles. The second-order valence-electron chi connectivity index (χ2n) is 7.12. The monoisotopic (exact) mass is 477 g/mol. The van der Waals surface area contributed by atoms with Crippen molar-refractivity contribution in [2.45, 2.75) is 0 Å². The van der Waals surface area contributed by atoms with Crippen molar-refractivity contribution in [1.82, 2.24) is 9.88 Å². The molecule has 0 radical (unpaired) electrons. The van der Waals surface area contributed by atoms with E-state index in [1.165, 1.54) is 32.7 Å². The number of amides is 1. The number of ether oxygens (including phenoxy) is 4. The van der Waals surface area contributed by atoms with Gasteiger partial charge < -0.3 is 28.7 Å². The van der Waals surface area contributed by atoms with Crippen LogP contribution in [0.1, 0.15) is 10.4 Å². The van der Waals surface area contributed by atoms with Crippen molar-refractivity contribution in [2.75, 3.05) is 59.5 Å². The molecule has 2 aromatic carbocycles. The maximum absolute atomic E-state index is 13.2. The molecule has 32 heavy (non-hydrogen) atoms. The zero-order chi connectivity index (χ0) is 22.8. The number of rotatable bonds is 6. The summed E-state index contributed by atoms with van der Waals surface area (Å²) in [5.74, 6) is 1.98. The van der Waals surface area contributed by atoms with Crippen molar-refractivity contribution in [2.24, 2.45) is 0 Å². The molecule has 1 amide bonds. The van der Waals surface area contributed by atoms with Crippen LogP contribution >= 0.6 is 22.9 Å². The number of hydrogen-bond donors (Lipinski definition) is 0. The summed E-state index contributed by atoms with van der Waals surface area (Å²) < 4.78 is 22.4. The van der Waals surface area contributed by atoms with E-state index < -0.39 is 0 Å². The molecule has 0 N–H and O–H groups in total. The van der Waals surface area contributed by atoms with Crippen molar-refractivity contribution in [3.8, 4) is 23.0 Å². The molecule has 0 unspecified atom stereocenters. The van der Waals surface area contributed by atoms with Gasteiger partial charge in [-0.3, -0.25) is 4.79 Å². The van der Waals surface area contributed by atoms with Gasteiger partial charge in [0.15, 0.2) is 16.6 Å². The Hall–Kier alpha value is -2.91. The highest BCUT2D eigenvalue weighted by atomic mass is 35.5. The quantitative estimate of drug-likeness (QED) is 0.532. The summed E-state index contributed by atoms with van der Waals surface area (Å²) in [4.78, 5) is 21.9. The fourth-order valence-electron chi connectivity index (χ4n) is 3.73. The van der Waals surface area contributed by atoms with Crippen LogP contribution in [0.3, 0.4) is 0 Å². The number of piperazine rings is 1. The average molecular weight is 478 g/mol. The van der Waals surface area contributed by atoms with Gasteiger partial charge in [0, 0.05) is 31.7 Å². The fourth-order valence-corrected chi connectivity index (χ4v) is 5.04. The fraction of sp³-hybridized carbons (Fsp3) is 0.364. The molecular formula is C22H24ClN3O5S. The summed E-state index contributed by atoms with van der Waals surface area (Å²) in [5, 5.41) is 1.52. The Morgan fingerprint density at radius 1 is 0.938 bits per heavy atom. The Labute approximate surface area is 195 Å². The van der Waals surface area contributed by atoms with Crippen LogP contribution in [-0.2, 0) is 0 Å². The van der Waals surface area contributed by atoms with Gasteiger partial charge in [0.2, 0.25) is 5.75 Å². The lowest BCUT2D eigenvalue weighted by Crippen LogP contribution is -2.48. The van der Waals surface area contributed by atoms with Crippen molar-refractivity contribution in [3.63, 3.8) is 0 Å². The maximum Gasteiger partial charge on any atom is 0.254 e. The molecule has 0 atom stereocenters. The first kappa shape index (κ1) is 22.3. The molecule has 0 bridgehead atoms. The van der Waals surface area contributed by atoms with E-state index in [-0.39, 0.29) is 5.91 Å². The maximum atomic E-state index is 13.2.